The van der Waals surface area contributed by atoms with Crippen LogP contribution in [0.3, 0.4) is 0 Å². The van der Waals surface area contributed by atoms with Crippen LogP contribution in [0.1, 0.15) is 29.6 Å². The summed E-state index contributed by atoms with van der Waals surface area (Å²) in [6.45, 7) is 0.268. The van der Waals surface area contributed by atoms with Gasteiger partial charge in [-0.2, -0.15) is 0 Å². The van der Waals surface area contributed by atoms with Crippen molar-refractivity contribution in [1.82, 2.24) is 9.88 Å². The van der Waals surface area contributed by atoms with Crippen LogP contribution in [-0.4, -0.2) is 36.8 Å². The first-order chi connectivity index (χ1) is 11.2. The topological polar surface area (TPSA) is 60.3 Å². The molecule has 6 heteroatoms. The minimum atomic E-state index is -0.492. The lowest BCUT2D eigenvalue weighted by atomic mass is 10.1. The summed E-state index contributed by atoms with van der Waals surface area (Å²) in [5.41, 5.74) is 1.48. The smallest absolute Gasteiger partial charge is 0.325 e. The number of carbonyl (C=O) groups excluding carboxylic acids is 2. The summed E-state index contributed by atoms with van der Waals surface area (Å²) in [5, 5.41) is 3.39. The average molecular weight is 320 g/mol. The maximum atomic E-state index is 12.3. The van der Waals surface area contributed by atoms with Gasteiger partial charge < -0.3 is 14.6 Å². The standard InChI is InChI=1S/C17H21FN2O3/c1-23-16(21)11-19-17(22)14-12-20(10-6-2-5-9-18)15-8-4-3-7-13(14)15/h3-4,7-8,12H,2,5-6,9-11H2,1H3,(H,19,22). The van der Waals surface area contributed by atoms with Gasteiger partial charge in [-0.3, -0.25) is 14.0 Å². The van der Waals surface area contributed by atoms with Gasteiger partial charge in [-0.15, -0.1) is 0 Å². The highest BCUT2D eigenvalue weighted by atomic mass is 19.1. The van der Waals surface area contributed by atoms with E-state index in [1.165, 1.54) is 7.11 Å². The zero-order valence-corrected chi connectivity index (χ0v) is 13.2. The van der Waals surface area contributed by atoms with Crippen molar-refractivity contribution >= 4 is 22.8 Å². The highest BCUT2D eigenvalue weighted by Gasteiger charge is 2.15. The molecule has 0 bridgehead atoms. The Bertz CT molecular complexity index is 682. The van der Waals surface area contributed by atoms with Gasteiger partial charge in [0.25, 0.3) is 5.91 Å². The summed E-state index contributed by atoms with van der Waals surface area (Å²) >= 11 is 0. The van der Waals surface area contributed by atoms with Gasteiger partial charge in [0, 0.05) is 23.6 Å². The molecule has 0 aliphatic heterocycles. The zero-order valence-electron chi connectivity index (χ0n) is 13.2. The molecule has 0 spiro atoms. The van der Waals surface area contributed by atoms with Gasteiger partial charge in [0.1, 0.15) is 6.54 Å². The second-order valence-corrected chi connectivity index (χ2v) is 5.26. The van der Waals surface area contributed by atoms with Gasteiger partial charge >= 0.3 is 5.97 Å². The van der Waals surface area contributed by atoms with E-state index in [-0.39, 0.29) is 19.1 Å². The van der Waals surface area contributed by atoms with Gasteiger partial charge in [-0.1, -0.05) is 18.2 Å². The number of alkyl halides is 1. The molecule has 1 aromatic carbocycles. The maximum absolute atomic E-state index is 12.3. The molecule has 1 heterocycles. The third kappa shape index (κ3) is 4.31. The number of unbranched alkanes of at least 4 members (excludes halogenated alkanes) is 2. The van der Waals surface area contributed by atoms with Crippen LogP contribution in [-0.2, 0) is 16.1 Å². The van der Waals surface area contributed by atoms with Crippen LogP contribution in [0, 0.1) is 0 Å². The van der Waals surface area contributed by atoms with Gasteiger partial charge in [-0.25, -0.2) is 0 Å². The summed E-state index contributed by atoms with van der Waals surface area (Å²) in [6, 6.07) is 7.60. The normalized spacial score (nSPS) is 10.7. The highest BCUT2D eigenvalue weighted by Crippen LogP contribution is 2.22. The van der Waals surface area contributed by atoms with Crippen molar-refractivity contribution in [2.75, 3.05) is 20.3 Å². The molecule has 124 valence electrons. The Kier molecular flexibility index (Phi) is 6.14. The number of para-hydroxylation sites is 1. The lowest BCUT2D eigenvalue weighted by Crippen LogP contribution is -2.30. The Morgan fingerprint density at radius 2 is 2.00 bits per heavy atom. The van der Waals surface area contributed by atoms with E-state index in [1.54, 1.807) is 6.20 Å². The number of fused-ring (bicyclic) bond motifs is 1. The SMILES string of the molecule is COC(=O)CNC(=O)c1cn(CCCCCF)c2ccccc12. The summed E-state index contributed by atoms with van der Waals surface area (Å²) < 4.78 is 18.7. The Hall–Kier alpha value is -2.37. The minimum absolute atomic E-state index is 0.161. The van der Waals surface area contributed by atoms with Crippen molar-refractivity contribution in [3.8, 4) is 0 Å². The largest absolute Gasteiger partial charge is 0.468 e. The van der Waals surface area contributed by atoms with Crippen molar-refractivity contribution in [3.63, 3.8) is 0 Å². The maximum Gasteiger partial charge on any atom is 0.325 e. The Labute approximate surface area is 134 Å². The fourth-order valence-electron chi connectivity index (χ4n) is 2.49. The number of nitrogens with zero attached hydrogens (tertiary/aromatic N) is 1. The first kappa shape index (κ1) is 17.0. The first-order valence-electron chi connectivity index (χ1n) is 7.66. The predicted molar refractivity (Wildman–Crippen MR) is 86.1 cm³/mol. The Morgan fingerprint density at radius 1 is 1.22 bits per heavy atom. The van der Waals surface area contributed by atoms with Gasteiger partial charge in [0.2, 0.25) is 0 Å². The Balaban J connectivity index is 2.16. The average Bonchev–Trinajstić information content (AvgIpc) is 2.95. The lowest BCUT2D eigenvalue weighted by molar-refractivity contribution is -0.139. The number of hydrogen-bond donors (Lipinski definition) is 1. The molecule has 5 nitrogen and oxygen atoms in total. The molecule has 0 radical (unpaired) electrons. The summed E-state index contributed by atoms with van der Waals surface area (Å²) in [7, 11) is 1.28. The molecule has 1 aromatic heterocycles. The molecule has 1 amide bonds. The third-order valence-electron chi connectivity index (χ3n) is 3.69. The first-order valence-corrected chi connectivity index (χ1v) is 7.66. The van der Waals surface area contributed by atoms with Crippen molar-refractivity contribution in [2.45, 2.75) is 25.8 Å². The molecule has 2 rings (SSSR count). The fraction of sp³-hybridized carbons (Fsp3) is 0.412. The van der Waals surface area contributed by atoms with Crippen LogP contribution in [0.25, 0.3) is 10.9 Å². The highest BCUT2D eigenvalue weighted by molar-refractivity contribution is 6.07. The molecule has 0 aliphatic rings. The molecular formula is C17H21FN2O3. The molecular weight excluding hydrogens is 299 g/mol. The van der Waals surface area contributed by atoms with Crippen LogP contribution in [0.15, 0.2) is 30.5 Å². The van der Waals surface area contributed by atoms with Gasteiger partial charge in [0.05, 0.1) is 19.3 Å². The lowest BCUT2D eigenvalue weighted by Gasteiger charge is -2.04. The molecule has 0 unspecified atom stereocenters. The number of esters is 1. The second kappa shape index (κ2) is 8.31. The van der Waals surface area contributed by atoms with E-state index < -0.39 is 5.97 Å². The fourth-order valence-corrected chi connectivity index (χ4v) is 2.49. The van der Waals surface area contributed by atoms with Crippen molar-refractivity contribution in [3.05, 3.63) is 36.0 Å². The van der Waals surface area contributed by atoms with Gasteiger partial charge in [0.15, 0.2) is 0 Å². The molecule has 0 aliphatic carbocycles. The number of nitrogens with one attached hydrogen (secondary N) is 1. The van der Waals surface area contributed by atoms with Crippen LogP contribution in [0.2, 0.25) is 0 Å². The van der Waals surface area contributed by atoms with Crippen LogP contribution < -0.4 is 5.32 Å². The molecule has 0 atom stereocenters. The van der Waals surface area contributed by atoms with Crippen LogP contribution in [0.5, 0.6) is 0 Å². The van der Waals surface area contributed by atoms with E-state index >= 15 is 0 Å². The van der Waals surface area contributed by atoms with Crippen LogP contribution in [0.4, 0.5) is 4.39 Å². The second-order valence-electron chi connectivity index (χ2n) is 5.26. The van der Waals surface area contributed by atoms with Crippen molar-refractivity contribution in [2.24, 2.45) is 0 Å². The molecule has 0 fully saturated rings. The van der Waals surface area contributed by atoms with E-state index in [9.17, 15) is 14.0 Å². The monoisotopic (exact) mass is 320 g/mol. The number of benzene rings is 1. The number of ether oxygens (including phenoxy) is 1. The number of aromatic nitrogens is 1. The summed E-state index contributed by atoms with van der Waals surface area (Å²) in [4.78, 5) is 23.4. The number of aryl methyl sites for hydroxylation is 1. The van der Waals surface area contributed by atoms with Gasteiger partial charge in [-0.05, 0) is 25.3 Å². The third-order valence-corrected chi connectivity index (χ3v) is 3.69. The van der Waals surface area contributed by atoms with Crippen molar-refractivity contribution in [1.29, 1.82) is 0 Å². The number of amides is 1. The predicted octanol–water partition coefficient (Wildman–Crippen LogP) is 2.68. The molecule has 0 saturated carbocycles. The number of rotatable bonds is 8. The minimum Gasteiger partial charge on any atom is -0.468 e. The zero-order chi connectivity index (χ0) is 16.7. The summed E-state index contributed by atoms with van der Waals surface area (Å²) in [6.07, 6.45) is 4.01. The molecule has 2 aromatic rings. The number of methoxy groups -OCH3 is 1. The molecule has 1 N–H and O–H groups in total. The molecule has 0 saturated heterocycles. The van der Waals surface area contributed by atoms with E-state index in [0.29, 0.717) is 12.0 Å². The van der Waals surface area contributed by atoms with E-state index in [2.05, 4.69) is 10.1 Å². The number of halogens is 1. The van der Waals surface area contributed by atoms with Crippen molar-refractivity contribution < 1.29 is 18.7 Å². The van der Waals surface area contributed by atoms with Crippen LogP contribution >= 0.6 is 0 Å². The van der Waals surface area contributed by atoms with E-state index in [4.69, 9.17) is 0 Å². The van der Waals surface area contributed by atoms with E-state index in [0.717, 1.165) is 30.3 Å². The quantitative estimate of drug-likeness (QED) is 0.601. The van der Waals surface area contributed by atoms with E-state index in [1.807, 2.05) is 28.8 Å². The number of hydrogen-bond acceptors (Lipinski definition) is 3. The number of carbonyl (C=O) groups is 2. The summed E-state index contributed by atoms with van der Waals surface area (Å²) in [5.74, 6) is -0.803. The molecule has 23 heavy (non-hydrogen) atoms. The Morgan fingerprint density at radius 3 is 2.74 bits per heavy atom.